The van der Waals surface area contributed by atoms with Crippen LogP contribution in [0, 0.1) is 0 Å². The van der Waals surface area contributed by atoms with Gasteiger partial charge in [0, 0.05) is 0 Å². The van der Waals surface area contributed by atoms with Gasteiger partial charge in [-0.15, -0.1) is 11.6 Å². The summed E-state index contributed by atoms with van der Waals surface area (Å²) in [5, 5.41) is -1.14. The Morgan fingerprint density at radius 1 is 1.60 bits per heavy atom. The maximum Gasteiger partial charge on any atom is 0.331 e. The smallest absolute Gasteiger partial charge is 0.331 e. The van der Waals surface area contributed by atoms with Crippen molar-refractivity contribution in [2.45, 2.75) is 19.2 Å². The normalized spacial score (nSPS) is 12.3. The lowest BCUT2D eigenvalue weighted by Crippen LogP contribution is -2.24. The van der Waals surface area contributed by atoms with Crippen LogP contribution < -0.4 is 0 Å². The summed E-state index contributed by atoms with van der Waals surface area (Å²) in [5.74, 6) is -1.06. The van der Waals surface area contributed by atoms with Crippen molar-refractivity contribution in [1.82, 2.24) is 0 Å². The molecule has 1 atom stereocenters. The van der Waals surface area contributed by atoms with Crippen LogP contribution in [0.2, 0.25) is 0 Å². The second-order valence-corrected chi connectivity index (χ2v) is 2.16. The third-order valence-electron chi connectivity index (χ3n) is 0.850. The van der Waals surface area contributed by atoms with E-state index in [1.54, 1.807) is 6.92 Å². The van der Waals surface area contributed by atoms with Crippen molar-refractivity contribution in [3.63, 3.8) is 0 Å². The van der Waals surface area contributed by atoms with Gasteiger partial charge in [-0.2, -0.15) is 0 Å². The van der Waals surface area contributed by atoms with E-state index in [2.05, 4.69) is 4.74 Å². The van der Waals surface area contributed by atoms with Gasteiger partial charge in [0.05, 0.1) is 6.61 Å². The minimum atomic E-state index is -1.14. The summed E-state index contributed by atoms with van der Waals surface area (Å²) in [7, 11) is 0. The highest BCUT2D eigenvalue weighted by atomic mass is 35.5. The number of ketones is 1. The van der Waals surface area contributed by atoms with Crippen LogP contribution >= 0.6 is 11.6 Å². The molecule has 0 radical (unpaired) electrons. The van der Waals surface area contributed by atoms with Crippen LogP contribution in [0.4, 0.5) is 0 Å². The van der Waals surface area contributed by atoms with Crippen molar-refractivity contribution in [3.8, 4) is 0 Å². The lowest BCUT2D eigenvalue weighted by molar-refractivity contribution is -0.144. The number of carbonyl (C=O) groups excluding carboxylic acids is 2. The number of esters is 1. The van der Waals surface area contributed by atoms with Crippen molar-refractivity contribution >= 4 is 23.4 Å². The van der Waals surface area contributed by atoms with Crippen molar-refractivity contribution in [3.05, 3.63) is 0 Å². The molecule has 0 heterocycles. The van der Waals surface area contributed by atoms with E-state index >= 15 is 0 Å². The SMILES string of the molecule is CCOC(=O)[C@H](Cl)C(C)=O. The van der Waals surface area contributed by atoms with Gasteiger partial charge in [-0.3, -0.25) is 4.79 Å². The molecule has 0 aromatic rings. The van der Waals surface area contributed by atoms with Crippen molar-refractivity contribution in [2.75, 3.05) is 6.61 Å². The predicted octanol–water partition coefficient (Wildman–Crippen LogP) is 0.746. The van der Waals surface area contributed by atoms with Gasteiger partial charge in [-0.1, -0.05) is 0 Å². The minimum absolute atomic E-state index is 0.245. The van der Waals surface area contributed by atoms with Crippen LogP contribution in [0.3, 0.4) is 0 Å². The van der Waals surface area contributed by atoms with Crippen LogP contribution in [0.1, 0.15) is 13.8 Å². The lowest BCUT2D eigenvalue weighted by Gasteiger charge is -2.03. The zero-order valence-corrected chi connectivity index (χ0v) is 6.64. The maximum absolute atomic E-state index is 10.6. The number of rotatable bonds is 3. The van der Waals surface area contributed by atoms with Gasteiger partial charge >= 0.3 is 5.97 Å². The van der Waals surface area contributed by atoms with Gasteiger partial charge in [0.15, 0.2) is 11.2 Å². The molecule has 0 saturated heterocycles. The van der Waals surface area contributed by atoms with Crippen molar-refractivity contribution in [1.29, 1.82) is 0 Å². The van der Waals surface area contributed by atoms with E-state index in [1.807, 2.05) is 0 Å². The molecule has 0 aliphatic rings. The fourth-order valence-electron chi connectivity index (χ4n) is 0.381. The van der Waals surface area contributed by atoms with Gasteiger partial charge in [-0.25, -0.2) is 4.79 Å². The molecular weight excluding hydrogens is 156 g/mol. The Balaban J connectivity index is 3.82. The number of ether oxygens (including phenoxy) is 1. The maximum atomic E-state index is 10.6. The lowest BCUT2D eigenvalue weighted by atomic mass is 10.3. The van der Waals surface area contributed by atoms with E-state index in [4.69, 9.17) is 11.6 Å². The van der Waals surface area contributed by atoms with Crippen molar-refractivity contribution < 1.29 is 14.3 Å². The number of halogens is 1. The van der Waals surface area contributed by atoms with Gasteiger partial charge in [0.1, 0.15) is 0 Å². The first kappa shape index (κ1) is 9.43. The number of alkyl halides is 1. The third-order valence-corrected chi connectivity index (χ3v) is 1.34. The first-order valence-corrected chi connectivity index (χ1v) is 3.34. The standard InChI is InChI=1S/C6H9ClO3/c1-3-10-6(9)5(7)4(2)8/h5H,3H2,1-2H3/t5-/m1/s1. The highest BCUT2D eigenvalue weighted by Crippen LogP contribution is 1.99. The highest BCUT2D eigenvalue weighted by molar-refractivity contribution is 6.40. The third kappa shape index (κ3) is 2.82. The minimum Gasteiger partial charge on any atom is -0.465 e. The first-order valence-electron chi connectivity index (χ1n) is 2.90. The highest BCUT2D eigenvalue weighted by Gasteiger charge is 2.20. The Hall–Kier alpha value is -0.570. The summed E-state index contributed by atoms with van der Waals surface area (Å²) >= 11 is 5.32. The fraction of sp³-hybridized carbons (Fsp3) is 0.667. The molecule has 0 saturated carbocycles. The molecule has 58 valence electrons. The molecule has 0 aliphatic heterocycles. The Bertz CT molecular complexity index is 144. The van der Waals surface area contributed by atoms with Gasteiger partial charge < -0.3 is 4.74 Å². The molecule has 0 fully saturated rings. The Morgan fingerprint density at radius 3 is 2.40 bits per heavy atom. The van der Waals surface area contributed by atoms with Gasteiger partial charge in [0.2, 0.25) is 0 Å². The first-order chi connectivity index (χ1) is 4.59. The molecular formula is C6H9ClO3. The Labute approximate surface area is 64.3 Å². The van der Waals surface area contributed by atoms with E-state index in [0.717, 1.165) is 0 Å². The predicted molar refractivity (Wildman–Crippen MR) is 37.0 cm³/mol. The Kier molecular flexibility index (Phi) is 4.03. The quantitative estimate of drug-likeness (QED) is 0.351. The molecule has 0 aromatic heterocycles. The zero-order valence-electron chi connectivity index (χ0n) is 5.89. The van der Waals surface area contributed by atoms with Crippen molar-refractivity contribution in [2.24, 2.45) is 0 Å². The summed E-state index contributed by atoms with van der Waals surface area (Å²) in [6.07, 6.45) is 0. The summed E-state index contributed by atoms with van der Waals surface area (Å²) in [6.45, 7) is 3.14. The zero-order chi connectivity index (χ0) is 8.15. The fourth-order valence-corrected chi connectivity index (χ4v) is 0.444. The number of hydrogen-bond donors (Lipinski definition) is 0. The molecule has 0 aliphatic carbocycles. The largest absolute Gasteiger partial charge is 0.465 e. The van der Waals surface area contributed by atoms with Crippen LogP contribution in [-0.2, 0) is 14.3 Å². The van der Waals surface area contributed by atoms with Crippen LogP contribution in [-0.4, -0.2) is 23.7 Å². The van der Waals surface area contributed by atoms with E-state index in [0.29, 0.717) is 0 Å². The summed E-state index contributed by atoms with van der Waals surface area (Å²) < 4.78 is 4.47. The van der Waals surface area contributed by atoms with Gasteiger partial charge in [-0.05, 0) is 13.8 Å². The molecule has 0 unspecified atom stereocenters. The molecule has 0 spiro atoms. The molecule has 10 heavy (non-hydrogen) atoms. The molecule has 0 amide bonds. The molecule has 0 aromatic carbocycles. The van der Waals surface area contributed by atoms with E-state index < -0.39 is 11.3 Å². The molecule has 0 bridgehead atoms. The average Bonchev–Trinajstić information content (AvgIpc) is 1.87. The molecule has 0 rings (SSSR count). The molecule has 3 nitrogen and oxygen atoms in total. The summed E-state index contributed by atoms with van der Waals surface area (Å²) in [5.41, 5.74) is 0. The number of carbonyl (C=O) groups is 2. The van der Waals surface area contributed by atoms with E-state index in [1.165, 1.54) is 6.92 Å². The number of hydrogen-bond acceptors (Lipinski definition) is 3. The van der Waals surface area contributed by atoms with Crippen LogP contribution in [0.15, 0.2) is 0 Å². The number of Topliss-reactive ketones (excluding diaryl/α,β-unsaturated/α-hetero) is 1. The van der Waals surface area contributed by atoms with E-state index in [-0.39, 0.29) is 12.4 Å². The second-order valence-electron chi connectivity index (χ2n) is 1.73. The topological polar surface area (TPSA) is 43.4 Å². The molecule has 4 heteroatoms. The van der Waals surface area contributed by atoms with E-state index in [9.17, 15) is 9.59 Å². The Morgan fingerprint density at radius 2 is 2.10 bits per heavy atom. The monoisotopic (exact) mass is 164 g/mol. The van der Waals surface area contributed by atoms with Crippen LogP contribution in [0.5, 0.6) is 0 Å². The summed E-state index contributed by atoms with van der Waals surface area (Å²) in [6, 6.07) is 0. The second kappa shape index (κ2) is 4.28. The summed E-state index contributed by atoms with van der Waals surface area (Å²) in [4.78, 5) is 21.0. The average molecular weight is 165 g/mol. The molecule has 0 N–H and O–H groups in total. The van der Waals surface area contributed by atoms with Crippen LogP contribution in [0.25, 0.3) is 0 Å². The van der Waals surface area contributed by atoms with Gasteiger partial charge in [0.25, 0.3) is 0 Å².